The van der Waals surface area contributed by atoms with Crippen LogP contribution in [0.5, 0.6) is 11.8 Å². The molecule has 50 heavy (non-hydrogen) atoms. The van der Waals surface area contributed by atoms with Crippen molar-refractivity contribution >= 4 is 38.5 Å². The summed E-state index contributed by atoms with van der Waals surface area (Å²) in [6.07, 6.45) is 7.85. The molecule has 256 valence electrons. The molecule has 2 aromatic heterocycles. The minimum Gasteiger partial charge on any atom is -0.508 e. The van der Waals surface area contributed by atoms with Crippen LogP contribution in [-0.2, 0) is 0 Å². The summed E-state index contributed by atoms with van der Waals surface area (Å²) in [6, 6.07) is 7.67. The highest BCUT2D eigenvalue weighted by Crippen LogP contribution is 2.47. The quantitative estimate of drug-likeness (QED) is 0.149. The van der Waals surface area contributed by atoms with Crippen molar-refractivity contribution in [2.24, 2.45) is 0 Å². The second kappa shape index (κ2) is 11.3. The number of aromatic nitrogens is 2. The molecule has 6 heterocycles. The van der Waals surface area contributed by atoms with Gasteiger partial charge in [-0.05, 0) is 75.2 Å². The van der Waals surface area contributed by atoms with E-state index in [1.165, 1.54) is 24.3 Å². The second-order valence-corrected chi connectivity index (χ2v) is 14.1. The Morgan fingerprint density at radius 2 is 1.94 bits per heavy atom. The van der Waals surface area contributed by atoms with Gasteiger partial charge in [0.2, 0.25) is 0 Å². The number of hydrogen-bond donors (Lipinski definition) is 2. The van der Waals surface area contributed by atoms with Gasteiger partial charge in [0.15, 0.2) is 5.82 Å². The second-order valence-electron chi connectivity index (χ2n) is 14.1. The van der Waals surface area contributed by atoms with E-state index in [0.29, 0.717) is 53.8 Å². The van der Waals surface area contributed by atoms with Crippen LogP contribution in [0.25, 0.3) is 43.8 Å². The predicted octanol–water partition coefficient (Wildman–Crippen LogP) is 7.18. The van der Waals surface area contributed by atoms with E-state index in [0.717, 1.165) is 19.3 Å². The maximum absolute atomic E-state index is 17.5. The predicted molar refractivity (Wildman–Crippen MR) is 182 cm³/mol. The Morgan fingerprint density at radius 3 is 2.70 bits per heavy atom. The van der Waals surface area contributed by atoms with Crippen LogP contribution in [0.15, 0.2) is 46.4 Å². The number of nitrogens with zero attached hydrogens (tertiary/aromatic N) is 4. The van der Waals surface area contributed by atoms with Gasteiger partial charge in [-0.15, -0.1) is 6.42 Å². The molecule has 4 saturated heterocycles. The van der Waals surface area contributed by atoms with Gasteiger partial charge in [0, 0.05) is 53.6 Å². The largest absolute Gasteiger partial charge is 0.508 e. The summed E-state index contributed by atoms with van der Waals surface area (Å²) in [5.74, 6) is 1.78. The summed E-state index contributed by atoms with van der Waals surface area (Å²) in [5, 5.41) is 16.1. The van der Waals surface area contributed by atoms with Gasteiger partial charge in [0.1, 0.15) is 40.9 Å². The number of piperazine rings is 1. The fraction of sp³-hybridized carbons (Fsp3) is 0.368. The lowest BCUT2D eigenvalue weighted by Gasteiger charge is -2.35. The standard InChI is InChI=1S/C38H33F4N5O3/c1-3-25-28(39)8-5-20-12-24(48)13-26(29(20)25)30-32(40)33-31(27-11-19(2)50-34(27)30)36(46-16-22-6-7-23(17-46)43-22)45-37(44-33)49-18-38-9-4-10-47(38)15-21(14-38)35(41)42/h1,5,8,11-13,22-23,43,48H,4,6-7,9-10,14-18H2,2H3/t22-,23+,38-/m0/s1. The van der Waals surface area contributed by atoms with Crippen molar-refractivity contribution in [3.05, 3.63) is 64.9 Å². The number of rotatable bonds is 5. The lowest BCUT2D eigenvalue weighted by atomic mass is 9.91. The maximum atomic E-state index is 17.5. The van der Waals surface area contributed by atoms with Crippen molar-refractivity contribution in [3.63, 3.8) is 0 Å². The Kier molecular flexibility index (Phi) is 7.06. The molecule has 3 atom stereocenters. The van der Waals surface area contributed by atoms with Crippen LogP contribution < -0.4 is 15.0 Å². The third-order valence-electron chi connectivity index (χ3n) is 11.0. The average Bonchev–Trinajstić information content (AvgIpc) is 3.85. The Bertz CT molecular complexity index is 2320. The molecule has 0 spiro atoms. The molecule has 3 aromatic carbocycles. The molecule has 2 N–H and O–H groups in total. The van der Waals surface area contributed by atoms with Gasteiger partial charge in [-0.25, -0.2) is 8.78 Å². The van der Waals surface area contributed by atoms with Gasteiger partial charge in [-0.3, -0.25) is 4.90 Å². The molecular formula is C38H33F4N5O3. The Balaban J connectivity index is 1.28. The van der Waals surface area contributed by atoms with Crippen molar-refractivity contribution in [3.8, 4) is 35.2 Å². The van der Waals surface area contributed by atoms with Crippen LogP contribution in [0.3, 0.4) is 0 Å². The third-order valence-corrected chi connectivity index (χ3v) is 11.0. The number of hydrogen-bond acceptors (Lipinski definition) is 8. The van der Waals surface area contributed by atoms with E-state index < -0.39 is 23.3 Å². The van der Waals surface area contributed by atoms with Gasteiger partial charge in [0.05, 0.1) is 22.1 Å². The van der Waals surface area contributed by atoms with Crippen molar-refractivity contribution in [1.82, 2.24) is 20.2 Å². The number of nitrogens with one attached hydrogen (secondary N) is 1. The molecule has 0 amide bonds. The van der Waals surface area contributed by atoms with Gasteiger partial charge in [0.25, 0.3) is 6.08 Å². The first-order chi connectivity index (χ1) is 24.1. The van der Waals surface area contributed by atoms with E-state index in [-0.39, 0.29) is 82.2 Å². The number of aromatic hydroxyl groups is 1. The topological polar surface area (TPSA) is 86.9 Å². The summed E-state index contributed by atoms with van der Waals surface area (Å²) in [7, 11) is 0. The molecule has 0 radical (unpaired) electrons. The number of halogens is 4. The molecule has 5 aromatic rings. The van der Waals surface area contributed by atoms with E-state index in [1.807, 2.05) is 4.90 Å². The molecule has 12 heteroatoms. The smallest absolute Gasteiger partial charge is 0.319 e. The lowest BCUT2D eigenvalue weighted by Crippen LogP contribution is -2.51. The molecule has 8 nitrogen and oxygen atoms in total. The fourth-order valence-electron chi connectivity index (χ4n) is 8.87. The van der Waals surface area contributed by atoms with Gasteiger partial charge in [-0.1, -0.05) is 12.0 Å². The van der Waals surface area contributed by atoms with Crippen LogP contribution >= 0.6 is 0 Å². The average molecular weight is 684 g/mol. The first kappa shape index (κ1) is 31.1. The number of phenolic OH excluding ortho intramolecular Hbond substituents is 1. The minimum atomic E-state index is -1.65. The number of ether oxygens (including phenoxy) is 1. The van der Waals surface area contributed by atoms with Gasteiger partial charge in [-0.2, -0.15) is 18.7 Å². The van der Waals surface area contributed by atoms with Crippen molar-refractivity contribution in [2.75, 3.05) is 37.7 Å². The maximum Gasteiger partial charge on any atom is 0.319 e. The molecule has 0 unspecified atom stereocenters. The Morgan fingerprint density at radius 1 is 1.14 bits per heavy atom. The highest BCUT2D eigenvalue weighted by atomic mass is 19.3. The lowest BCUT2D eigenvalue weighted by molar-refractivity contribution is 0.108. The zero-order chi connectivity index (χ0) is 34.5. The molecule has 4 fully saturated rings. The van der Waals surface area contributed by atoms with E-state index >= 15 is 8.78 Å². The normalized spacial score (nSPS) is 23.4. The summed E-state index contributed by atoms with van der Waals surface area (Å²) < 4.78 is 72.6. The number of benzene rings is 3. The summed E-state index contributed by atoms with van der Waals surface area (Å²) in [5.41, 5.74) is -0.348. The summed E-state index contributed by atoms with van der Waals surface area (Å²) >= 11 is 0. The van der Waals surface area contributed by atoms with Crippen LogP contribution in [0.2, 0.25) is 0 Å². The highest BCUT2D eigenvalue weighted by molar-refractivity contribution is 6.18. The van der Waals surface area contributed by atoms with Crippen LogP contribution in [-0.4, -0.2) is 70.4 Å². The first-order valence-electron chi connectivity index (χ1n) is 16.9. The zero-order valence-corrected chi connectivity index (χ0v) is 27.3. The molecular weight excluding hydrogens is 650 g/mol. The SMILES string of the molecule is C#Cc1c(F)ccc2cc(O)cc(-c3c(F)c4nc(OC[C@@]56CCCN5CC(=C(F)F)C6)nc(N5C[C@H]6CC[C@@H](C5)N6)c4c4cc(C)oc34)c12. The summed E-state index contributed by atoms with van der Waals surface area (Å²) in [4.78, 5) is 13.7. The number of anilines is 1. The van der Waals surface area contributed by atoms with E-state index in [1.54, 1.807) is 13.0 Å². The van der Waals surface area contributed by atoms with E-state index in [4.69, 9.17) is 20.6 Å². The van der Waals surface area contributed by atoms with Crippen molar-refractivity contribution in [1.29, 1.82) is 0 Å². The molecule has 0 saturated carbocycles. The number of fused-ring (bicyclic) bond motifs is 7. The monoisotopic (exact) mass is 683 g/mol. The van der Waals surface area contributed by atoms with Gasteiger partial charge >= 0.3 is 6.01 Å². The molecule has 4 aliphatic rings. The van der Waals surface area contributed by atoms with Crippen LogP contribution in [0.4, 0.5) is 23.4 Å². The number of furan rings is 1. The van der Waals surface area contributed by atoms with E-state index in [2.05, 4.69) is 21.1 Å². The zero-order valence-electron chi connectivity index (χ0n) is 27.3. The molecule has 9 rings (SSSR count). The highest BCUT2D eigenvalue weighted by Gasteiger charge is 2.48. The number of terminal acetylenes is 1. The minimum absolute atomic E-state index is 0.0378. The third kappa shape index (κ3) is 4.74. The first-order valence-corrected chi connectivity index (χ1v) is 16.9. The van der Waals surface area contributed by atoms with Crippen molar-refractivity contribution < 1.29 is 31.8 Å². The fourth-order valence-corrected chi connectivity index (χ4v) is 8.87. The van der Waals surface area contributed by atoms with Crippen LogP contribution in [0, 0.1) is 30.9 Å². The number of aryl methyl sites for hydroxylation is 1. The summed E-state index contributed by atoms with van der Waals surface area (Å²) in [6.45, 7) is 3.95. The van der Waals surface area contributed by atoms with Gasteiger partial charge < -0.3 is 24.5 Å². The van der Waals surface area contributed by atoms with Crippen LogP contribution in [0.1, 0.15) is 43.4 Å². The Labute approximate surface area is 284 Å². The molecule has 4 aliphatic heterocycles. The molecule has 0 aliphatic carbocycles. The van der Waals surface area contributed by atoms with E-state index in [9.17, 15) is 13.9 Å². The molecule has 2 bridgehead atoms. The van der Waals surface area contributed by atoms with Crippen molar-refractivity contribution in [2.45, 2.75) is 56.7 Å². The number of phenols is 1. The Hall–Kier alpha value is -4.86.